The van der Waals surface area contributed by atoms with Crippen LogP contribution in [0.5, 0.6) is 0 Å². The number of nitrogens with zero attached hydrogens (tertiary/aromatic N) is 1. The number of benzene rings is 1. The summed E-state index contributed by atoms with van der Waals surface area (Å²) in [6.07, 6.45) is 1.71. The fourth-order valence-electron chi connectivity index (χ4n) is 1.27. The minimum absolute atomic E-state index is 0.165. The van der Waals surface area contributed by atoms with E-state index < -0.39 is 0 Å². The third kappa shape index (κ3) is 2.38. The van der Waals surface area contributed by atoms with Crippen LogP contribution in [-0.2, 0) is 0 Å². The molecule has 78 valence electrons. The Labute approximate surface area is 102 Å². The highest BCUT2D eigenvalue weighted by Crippen LogP contribution is 2.23. The minimum atomic E-state index is -0.165. The van der Waals surface area contributed by atoms with Crippen LogP contribution in [0.2, 0.25) is 0 Å². The Balaban J connectivity index is 2.37. The highest BCUT2D eigenvalue weighted by Gasteiger charge is 2.09. The van der Waals surface area contributed by atoms with E-state index >= 15 is 0 Å². The van der Waals surface area contributed by atoms with Gasteiger partial charge in [-0.3, -0.25) is 0 Å². The van der Waals surface area contributed by atoms with Gasteiger partial charge in [0.05, 0.1) is 12.2 Å². The van der Waals surface area contributed by atoms with E-state index in [1.54, 1.807) is 6.20 Å². The number of hydrogen-bond acceptors (Lipinski definition) is 3. The Morgan fingerprint density at radius 1 is 1.47 bits per heavy atom. The zero-order chi connectivity index (χ0) is 10.8. The Morgan fingerprint density at radius 3 is 2.87 bits per heavy atom. The number of nitrogens with two attached hydrogens (primary N) is 1. The third-order valence-electron chi connectivity index (χ3n) is 2.02. The molecule has 0 spiro atoms. The Bertz CT molecular complexity index is 465. The molecule has 2 rings (SSSR count). The third-order valence-corrected chi connectivity index (χ3v) is 2.69. The summed E-state index contributed by atoms with van der Waals surface area (Å²) in [7, 11) is 0. The first kappa shape index (κ1) is 10.6. The molecule has 0 amide bonds. The standard InChI is InChI=1S/C11H11IN2O/c1-7(13)11-14-6-10(15-11)8-3-2-4-9(12)5-8/h2-7H,13H2,1H3. The van der Waals surface area contributed by atoms with E-state index in [-0.39, 0.29) is 6.04 Å². The summed E-state index contributed by atoms with van der Waals surface area (Å²) in [5, 5.41) is 0. The summed E-state index contributed by atoms with van der Waals surface area (Å²) >= 11 is 2.27. The lowest BCUT2D eigenvalue weighted by atomic mass is 10.2. The summed E-state index contributed by atoms with van der Waals surface area (Å²) in [6, 6.07) is 7.90. The van der Waals surface area contributed by atoms with Gasteiger partial charge in [0.2, 0.25) is 5.89 Å². The Morgan fingerprint density at radius 2 is 2.27 bits per heavy atom. The van der Waals surface area contributed by atoms with Crippen molar-refractivity contribution in [2.24, 2.45) is 5.73 Å². The molecule has 2 aromatic rings. The van der Waals surface area contributed by atoms with E-state index in [9.17, 15) is 0 Å². The van der Waals surface area contributed by atoms with Crippen LogP contribution in [0.4, 0.5) is 0 Å². The van der Waals surface area contributed by atoms with E-state index in [4.69, 9.17) is 10.2 Å². The summed E-state index contributed by atoms with van der Waals surface area (Å²) in [5.41, 5.74) is 6.71. The van der Waals surface area contributed by atoms with Gasteiger partial charge in [-0.2, -0.15) is 0 Å². The molecular formula is C11H11IN2O. The van der Waals surface area contributed by atoms with Crippen molar-refractivity contribution in [2.45, 2.75) is 13.0 Å². The molecule has 0 fully saturated rings. The minimum Gasteiger partial charge on any atom is -0.439 e. The maximum absolute atomic E-state index is 5.68. The second kappa shape index (κ2) is 4.32. The summed E-state index contributed by atoms with van der Waals surface area (Å²) < 4.78 is 6.72. The van der Waals surface area contributed by atoms with Gasteiger partial charge in [-0.05, 0) is 41.6 Å². The van der Waals surface area contributed by atoms with Crippen LogP contribution in [0, 0.1) is 3.57 Å². The number of halogens is 1. The van der Waals surface area contributed by atoms with Crippen LogP contribution in [0.15, 0.2) is 34.9 Å². The first-order valence-corrected chi connectivity index (χ1v) is 5.72. The molecule has 0 saturated heterocycles. The number of hydrogen-bond donors (Lipinski definition) is 1. The average molecular weight is 314 g/mol. The van der Waals surface area contributed by atoms with Gasteiger partial charge in [0.15, 0.2) is 5.76 Å². The molecule has 4 heteroatoms. The lowest BCUT2D eigenvalue weighted by molar-refractivity contribution is 0.473. The largest absolute Gasteiger partial charge is 0.439 e. The van der Waals surface area contributed by atoms with Gasteiger partial charge < -0.3 is 10.2 Å². The maximum atomic E-state index is 5.68. The zero-order valence-corrected chi connectivity index (χ0v) is 10.4. The molecule has 2 N–H and O–H groups in total. The highest BCUT2D eigenvalue weighted by molar-refractivity contribution is 14.1. The lowest BCUT2D eigenvalue weighted by Crippen LogP contribution is -2.04. The van der Waals surface area contributed by atoms with E-state index in [0.29, 0.717) is 5.89 Å². The maximum Gasteiger partial charge on any atom is 0.211 e. The van der Waals surface area contributed by atoms with E-state index in [2.05, 4.69) is 27.6 Å². The first-order valence-electron chi connectivity index (χ1n) is 4.64. The topological polar surface area (TPSA) is 52.0 Å². The molecule has 0 aliphatic heterocycles. The number of aromatic nitrogens is 1. The van der Waals surface area contributed by atoms with Crippen molar-refractivity contribution >= 4 is 22.6 Å². The molecule has 0 bridgehead atoms. The van der Waals surface area contributed by atoms with Crippen LogP contribution in [0.25, 0.3) is 11.3 Å². The van der Waals surface area contributed by atoms with Crippen molar-refractivity contribution < 1.29 is 4.42 Å². The number of rotatable bonds is 2. The Kier molecular flexibility index (Phi) is 3.06. The lowest BCUT2D eigenvalue weighted by Gasteiger charge is -1.98. The van der Waals surface area contributed by atoms with Crippen LogP contribution in [-0.4, -0.2) is 4.98 Å². The van der Waals surface area contributed by atoms with E-state index in [1.807, 2.05) is 31.2 Å². The van der Waals surface area contributed by atoms with Crippen LogP contribution in [0.1, 0.15) is 18.9 Å². The second-order valence-corrected chi connectivity index (χ2v) is 4.61. The van der Waals surface area contributed by atoms with Gasteiger partial charge in [-0.1, -0.05) is 12.1 Å². The molecule has 1 aromatic carbocycles. The quantitative estimate of drug-likeness (QED) is 0.867. The fourth-order valence-corrected chi connectivity index (χ4v) is 1.82. The van der Waals surface area contributed by atoms with Crippen LogP contribution in [0.3, 0.4) is 0 Å². The van der Waals surface area contributed by atoms with Gasteiger partial charge in [0.1, 0.15) is 0 Å². The van der Waals surface area contributed by atoms with E-state index in [1.165, 1.54) is 3.57 Å². The van der Waals surface area contributed by atoms with Gasteiger partial charge >= 0.3 is 0 Å². The van der Waals surface area contributed by atoms with Crippen molar-refractivity contribution in [3.63, 3.8) is 0 Å². The summed E-state index contributed by atoms with van der Waals surface area (Å²) in [6.45, 7) is 1.85. The molecule has 15 heavy (non-hydrogen) atoms. The molecule has 3 nitrogen and oxygen atoms in total. The van der Waals surface area contributed by atoms with Crippen molar-refractivity contribution in [3.05, 3.63) is 39.9 Å². The van der Waals surface area contributed by atoms with Gasteiger partial charge in [-0.15, -0.1) is 0 Å². The smallest absolute Gasteiger partial charge is 0.211 e. The summed E-state index contributed by atoms with van der Waals surface area (Å²) in [4.78, 5) is 4.13. The molecule has 1 atom stereocenters. The van der Waals surface area contributed by atoms with Crippen molar-refractivity contribution in [1.82, 2.24) is 4.98 Å². The van der Waals surface area contributed by atoms with Gasteiger partial charge in [-0.25, -0.2) is 4.98 Å². The number of oxazole rings is 1. The summed E-state index contributed by atoms with van der Waals surface area (Å²) in [5.74, 6) is 1.34. The second-order valence-electron chi connectivity index (χ2n) is 3.36. The van der Waals surface area contributed by atoms with Crippen molar-refractivity contribution in [2.75, 3.05) is 0 Å². The van der Waals surface area contributed by atoms with Gasteiger partial charge in [0, 0.05) is 9.13 Å². The SMILES string of the molecule is CC(N)c1ncc(-c2cccc(I)c2)o1. The fraction of sp³-hybridized carbons (Fsp3) is 0.182. The average Bonchev–Trinajstić information content (AvgIpc) is 2.66. The molecule has 0 aliphatic rings. The molecule has 1 unspecified atom stereocenters. The van der Waals surface area contributed by atoms with Crippen LogP contribution < -0.4 is 5.73 Å². The van der Waals surface area contributed by atoms with Crippen molar-refractivity contribution in [1.29, 1.82) is 0 Å². The first-order chi connectivity index (χ1) is 7.16. The Hall–Kier alpha value is -0.880. The van der Waals surface area contributed by atoms with Gasteiger partial charge in [0.25, 0.3) is 0 Å². The molecule has 0 aliphatic carbocycles. The molecule has 1 heterocycles. The predicted molar refractivity (Wildman–Crippen MR) is 67.3 cm³/mol. The molecular weight excluding hydrogens is 303 g/mol. The van der Waals surface area contributed by atoms with Crippen molar-refractivity contribution in [3.8, 4) is 11.3 Å². The van der Waals surface area contributed by atoms with E-state index in [0.717, 1.165) is 11.3 Å². The highest BCUT2D eigenvalue weighted by atomic mass is 127. The predicted octanol–water partition coefficient (Wildman–Crippen LogP) is 2.97. The normalized spacial score (nSPS) is 12.7. The monoisotopic (exact) mass is 314 g/mol. The molecule has 1 aromatic heterocycles. The molecule has 0 saturated carbocycles. The van der Waals surface area contributed by atoms with Crippen LogP contribution >= 0.6 is 22.6 Å². The zero-order valence-electron chi connectivity index (χ0n) is 8.27. The molecule has 0 radical (unpaired) electrons.